The van der Waals surface area contributed by atoms with Crippen molar-refractivity contribution in [2.45, 2.75) is 57.8 Å². The molecule has 6 nitrogen and oxygen atoms in total. The van der Waals surface area contributed by atoms with E-state index in [2.05, 4.69) is 9.98 Å². The van der Waals surface area contributed by atoms with Crippen molar-refractivity contribution in [3.05, 3.63) is 29.8 Å². The summed E-state index contributed by atoms with van der Waals surface area (Å²) in [4.78, 5) is 7.78. The predicted molar refractivity (Wildman–Crippen MR) is 104 cm³/mol. The number of hydrogen-bond donors (Lipinski definition) is 3. The molecule has 1 unspecified atom stereocenters. The third-order valence-electron chi connectivity index (χ3n) is 4.58. The zero-order chi connectivity index (χ0) is 19.1. The molecule has 1 rings (SSSR count). The maximum atomic E-state index is 10.8. The number of nitrogens with two attached hydrogens (primary N) is 1. The van der Waals surface area contributed by atoms with E-state index >= 15 is 0 Å². The summed E-state index contributed by atoms with van der Waals surface area (Å²) in [5.74, 6) is 0. The molecular formula is C18H29BN3O3. The molecule has 0 aromatic heterocycles. The first-order valence-corrected chi connectivity index (χ1v) is 8.34. The number of aliphatic hydroxyl groups is 2. The fraction of sp³-hybridized carbons (Fsp3) is 0.556. The molecule has 0 saturated heterocycles. The zero-order valence-electron chi connectivity index (χ0n) is 15.7. The molecule has 0 aliphatic heterocycles. The Hall–Kier alpha value is -1.70. The van der Waals surface area contributed by atoms with Crippen LogP contribution in [0, 0.1) is 0 Å². The SMILES string of the molecule is CCC(O)(CN=CN=CN)c1ccc([B]OC(C)(C)C(C)(C)O)cc1. The lowest BCUT2D eigenvalue weighted by atomic mass is 9.81. The van der Waals surface area contributed by atoms with Crippen LogP contribution in [-0.4, -0.2) is 48.1 Å². The normalized spacial score (nSPS) is 15.6. The molecule has 0 heterocycles. The van der Waals surface area contributed by atoms with Crippen LogP contribution in [0.5, 0.6) is 0 Å². The van der Waals surface area contributed by atoms with Gasteiger partial charge in [-0.25, -0.2) is 4.99 Å². The second-order valence-electron chi connectivity index (χ2n) is 7.07. The first-order valence-electron chi connectivity index (χ1n) is 8.34. The van der Waals surface area contributed by atoms with Gasteiger partial charge in [0.25, 0.3) is 0 Å². The summed E-state index contributed by atoms with van der Waals surface area (Å²) in [6.07, 6.45) is 2.99. The van der Waals surface area contributed by atoms with Gasteiger partial charge in [-0.3, -0.25) is 4.99 Å². The van der Waals surface area contributed by atoms with Crippen LogP contribution >= 0.6 is 0 Å². The fourth-order valence-electron chi connectivity index (χ4n) is 1.92. The molecule has 0 aliphatic rings. The Morgan fingerprint density at radius 2 is 1.76 bits per heavy atom. The van der Waals surface area contributed by atoms with E-state index in [1.807, 2.05) is 45.0 Å². The highest BCUT2D eigenvalue weighted by atomic mass is 16.5. The molecule has 0 bridgehead atoms. The van der Waals surface area contributed by atoms with Gasteiger partial charge in [0.2, 0.25) is 0 Å². The van der Waals surface area contributed by atoms with Crippen LogP contribution in [0.3, 0.4) is 0 Å². The highest BCUT2D eigenvalue weighted by Gasteiger charge is 2.35. The minimum atomic E-state index is -1.06. The predicted octanol–water partition coefficient (Wildman–Crippen LogP) is 1.11. The molecule has 1 aromatic rings. The van der Waals surface area contributed by atoms with Crippen molar-refractivity contribution in [2.75, 3.05) is 6.54 Å². The maximum Gasteiger partial charge on any atom is 0.330 e. The second-order valence-corrected chi connectivity index (χ2v) is 7.07. The Morgan fingerprint density at radius 1 is 1.16 bits per heavy atom. The van der Waals surface area contributed by atoms with E-state index in [0.717, 1.165) is 17.4 Å². The van der Waals surface area contributed by atoms with Crippen LogP contribution in [-0.2, 0) is 10.3 Å². The standard InChI is InChI=1S/C18H29BN3O3/c1-6-18(24,11-21-13-22-12-20)14-7-9-15(10-8-14)19-25-17(4,5)16(2,3)23/h7-10,12-13,23-24H,6,11H2,1-5H3,(H2,20,21,22). The van der Waals surface area contributed by atoms with Crippen molar-refractivity contribution in [1.29, 1.82) is 0 Å². The van der Waals surface area contributed by atoms with E-state index in [1.54, 1.807) is 21.3 Å². The van der Waals surface area contributed by atoms with Gasteiger partial charge in [-0.05, 0) is 39.7 Å². The highest BCUT2D eigenvalue weighted by molar-refractivity contribution is 6.47. The molecule has 4 N–H and O–H groups in total. The third-order valence-corrected chi connectivity index (χ3v) is 4.58. The van der Waals surface area contributed by atoms with Crippen molar-refractivity contribution in [1.82, 2.24) is 0 Å². The number of nitrogens with zero attached hydrogens (tertiary/aromatic N) is 2. The Morgan fingerprint density at radius 3 is 2.24 bits per heavy atom. The molecule has 25 heavy (non-hydrogen) atoms. The van der Waals surface area contributed by atoms with E-state index in [9.17, 15) is 10.2 Å². The minimum absolute atomic E-state index is 0.201. The van der Waals surface area contributed by atoms with Crippen LogP contribution in [0.1, 0.15) is 46.6 Å². The summed E-state index contributed by atoms with van der Waals surface area (Å²) < 4.78 is 5.73. The first kappa shape index (κ1) is 21.3. The summed E-state index contributed by atoms with van der Waals surface area (Å²) >= 11 is 0. The van der Waals surface area contributed by atoms with Gasteiger partial charge in [0.15, 0.2) is 0 Å². The lowest BCUT2D eigenvalue weighted by Crippen LogP contribution is -2.49. The average Bonchev–Trinajstić information content (AvgIpc) is 2.56. The van der Waals surface area contributed by atoms with Crippen LogP contribution in [0.15, 0.2) is 34.3 Å². The van der Waals surface area contributed by atoms with Gasteiger partial charge in [-0.2, -0.15) is 0 Å². The van der Waals surface area contributed by atoms with Crippen LogP contribution < -0.4 is 11.2 Å². The van der Waals surface area contributed by atoms with Crippen molar-refractivity contribution >= 4 is 25.6 Å². The number of aliphatic imine (C=N–C) groups is 2. The third kappa shape index (κ3) is 5.95. The zero-order valence-corrected chi connectivity index (χ0v) is 15.7. The van der Waals surface area contributed by atoms with Gasteiger partial charge in [-0.15, -0.1) is 0 Å². The summed E-state index contributed by atoms with van der Waals surface area (Å²) in [6, 6.07) is 7.41. The molecule has 0 fully saturated rings. The second kappa shape index (κ2) is 8.60. The monoisotopic (exact) mass is 346 g/mol. The lowest BCUT2D eigenvalue weighted by molar-refractivity contribution is -0.0893. The van der Waals surface area contributed by atoms with E-state index in [-0.39, 0.29) is 6.54 Å². The molecule has 1 aromatic carbocycles. The molecule has 0 amide bonds. The maximum absolute atomic E-state index is 10.8. The molecule has 0 saturated carbocycles. The Kier molecular flexibility index (Phi) is 7.35. The van der Waals surface area contributed by atoms with Crippen molar-refractivity contribution in [3.63, 3.8) is 0 Å². The largest absolute Gasteiger partial charge is 0.427 e. The number of hydrogen-bond acceptors (Lipinski definition) is 4. The smallest absolute Gasteiger partial charge is 0.330 e. The van der Waals surface area contributed by atoms with E-state index in [1.165, 1.54) is 6.34 Å². The summed E-state index contributed by atoms with van der Waals surface area (Å²) in [5, 5.41) is 20.9. The molecular weight excluding hydrogens is 317 g/mol. The van der Waals surface area contributed by atoms with Crippen molar-refractivity contribution < 1.29 is 14.9 Å². The summed E-state index contributed by atoms with van der Waals surface area (Å²) in [6.45, 7) is 9.18. The van der Waals surface area contributed by atoms with Gasteiger partial charge in [0.1, 0.15) is 11.9 Å². The molecule has 7 heteroatoms. The Bertz CT molecular complexity index is 595. The van der Waals surface area contributed by atoms with Crippen LogP contribution in [0.2, 0.25) is 0 Å². The fourth-order valence-corrected chi connectivity index (χ4v) is 1.92. The Labute approximate surface area is 151 Å². The minimum Gasteiger partial charge on any atom is -0.427 e. The van der Waals surface area contributed by atoms with E-state index in [0.29, 0.717) is 6.42 Å². The quantitative estimate of drug-likeness (QED) is 0.354. The molecule has 1 atom stereocenters. The molecule has 0 aliphatic carbocycles. The number of benzene rings is 1. The number of rotatable bonds is 9. The average molecular weight is 346 g/mol. The van der Waals surface area contributed by atoms with Crippen LogP contribution in [0.4, 0.5) is 0 Å². The van der Waals surface area contributed by atoms with Crippen molar-refractivity contribution in [3.8, 4) is 0 Å². The van der Waals surface area contributed by atoms with Gasteiger partial charge in [-0.1, -0.05) is 36.7 Å². The van der Waals surface area contributed by atoms with Gasteiger partial charge in [0, 0.05) is 0 Å². The van der Waals surface area contributed by atoms with Gasteiger partial charge in [0.05, 0.1) is 24.1 Å². The molecule has 137 valence electrons. The topological polar surface area (TPSA) is 100 Å². The van der Waals surface area contributed by atoms with Gasteiger partial charge < -0.3 is 20.6 Å². The molecule has 1 radical (unpaired) electrons. The van der Waals surface area contributed by atoms with Crippen molar-refractivity contribution in [2.24, 2.45) is 15.7 Å². The van der Waals surface area contributed by atoms with Crippen LogP contribution in [0.25, 0.3) is 0 Å². The summed E-state index contributed by atoms with van der Waals surface area (Å²) in [5.41, 5.74) is 3.99. The highest BCUT2D eigenvalue weighted by Crippen LogP contribution is 2.26. The summed E-state index contributed by atoms with van der Waals surface area (Å²) in [7, 11) is 1.61. The molecule has 0 spiro atoms. The van der Waals surface area contributed by atoms with E-state index in [4.69, 9.17) is 10.4 Å². The lowest BCUT2D eigenvalue weighted by Gasteiger charge is -2.37. The first-order chi connectivity index (χ1) is 11.6. The Balaban J connectivity index is 2.80. The van der Waals surface area contributed by atoms with Gasteiger partial charge >= 0.3 is 7.48 Å². The van der Waals surface area contributed by atoms with E-state index < -0.39 is 16.8 Å².